The van der Waals surface area contributed by atoms with E-state index in [4.69, 9.17) is 4.74 Å². The van der Waals surface area contributed by atoms with E-state index in [0.29, 0.717) is 5.56 Å². The third-order valence-electron chi connectivity index (χ3n) is 3.29. The van der Waals surface area contributed by atoms with Crippen LogP contribution in [-0.2, 0) is 14.3 Å². The Kier molecular flexibility index (Phi) is 5.71. The lowest BCUT2D eigenvalue weighted by atomic mass is 10.1. The van der Waals surface area contributed by atoms with Gasteiger partial charge in [0.1, 0.15) is 6.61 Å². The van der Waals surface area contributed by atoms with Gasteiger partial charge in [-0.1, -0.05) is 0 Å². The highest BCUT2D eigenvalue weighted by Crippen LogP contribution is 2.16. The van der Waals surface area contributed by atoms with Gasteiger partial charge in [0.2, 0.25) is 5.91 Å². The fourth-order valence-corrected chi connectivity index (χ4v) is 2.14. The maximum Gasteiger partial charge on any atom is 0.246 e. The van der Waals surface area contributed by atoms with Gasteiger partial charge in [0.25, 0.3) is 0 Å². The average molecular weight is 292 g/mol. The van der Waals surface area contributed by atoms with Crippen LogP contribution in [0.5, 0.6) is 0 Å². The topological polar surface area (TPSA) is 67.9 Å². The highest BCUT2D eigenvalue weighted by Gasteiger charge is 2.12. The van der Waals surface area contributed by atoms with Crippen LogP contribution in [0, 0.1) is 0 Å². The first-order valence-electron chi connectivity index (χ1n) is 6.92. The predicted molar refractivity (Wildman–Crippen MR) is 78.7 cm³/mol. The lowest BCUT2D eigenvalue weighted by molar-refractivity contribution is -0.124. The molecular weight excluding hydrogens is 272 g/mol. The highest BCUT2D eigenvalue weighted by molar-refractivity contribution is 5.99. The van der Waals surface area contributed by atoms with Gasteiger partial charge in [-0.05, 0) is 24.3 Å². The molecule has 1 saturated heterocycles. The van der Waals surface area contributed by atoms with E-state index >= 15 is 0 Å². The van der Waals surface area contributed by atoms with Gasteiger partial charge >= 0.3 is 0 Å². The summed E-state index contributed by atoms with van der Waals surface area (Å²) in [5.74, 6) is -0.413. The Labute approximate surface area is 124 Å². The Morgan fingerprint density at radius 1 is 1.24 bits per heavy atom. The van der Waals surface area contributed by atoms with Crippen LogP contribution in [0.15, 0.2) is 24.3 Å². The van der Waals surface area contributed by atoms with Crippen molar-refractivity contribution >= 4 is 17.4 Å². The molecule has 0 atom stereocenters. The number of Topliss-reactive ketones (excluding diaryl/α,β-unsaturated/α-hetero) is 1. The van der Waals surface area contributed by atoms with E-state index in [0.717, 1.165) is 32.0 Å². The second-order valence-electron chi connectivity index (χ2n) is 4.78. The molecule has 0 aliphatic carbocycles. The third-order valence-corrected chi connectivity index (χ3v) is 3.29. The van der Waals surface area contributed by atoms with Crippen molar-refractivity contribution in [3.63, 3.8) is 0 Å². The molecule has 1 aromatic carbocycles. The molecule has 1 heterocycles. The molecule has 1 aliphatic heterocycles. The van der Waals surface area contributed by atoms with Crippen molar-refractivity contribution in [3.05, 3.63) is 29.8 Å². The van der Waals surface area contributed by atoms with Crippen molar-refractivity contribution < 1.29 is 19.1 Å². The van der Waals surface area contributed by atoms with Crippen LogP contribution in [0.25, 0.3) is 0 Å². The SMILES string of the molecule is COCC(=O)NCC(=O)c1ccc(N2CCOCC2)cc1. The van der Waals surface area contributed by atoms with Gasteiger partial charge in [-0.15, -0.1) is 0 Å². The fourth-order valence-electron chi connectivity index (χ4n) is 2.14. The van der Waals surface area contributed by atoms with E-state index in [9.17, 15) is 9.59 Å². The predicted octanol–water partition coefficient (Wildman–Crippen LogP) is 0.469. The van der Waals surface area contributed by atoms with Crippen LogP contribution < -0.4 is 10.2 Å². The van der Waals surface area contributed by atoms with Gasteiger partial charge in [-0.3, -0.25) is 9.59 Å². The molecule has 0 unspecified atom stereocenters. The molecule has 2 rings (SSSR count). The Bertz CT molecular complexity index is 481. The Morgan fingerprint density at radius 2 is 1.90 bits per heavy atom. The summed E-state index contributed by atoms with van der Waals surface area (Å²) in [6.07, 6.45) is 0. The van der Waals surface area contributed by atoms with Crippen LogP contribution >= 0.6 is 0 Å². The lowest BCUT2D eigenvalue weighted by Crippen LogP contribution is -2.36. The van der Waals surface area contributed by atoms with Crippen LogP contribution in [-0.4, -0.2) is 58.3 Å². The quantitative estimate of drug-likeness (QED) is 0.772. The molecule has 0 aromatic heterocycles. The molecule has 6 heteroatoms. The first kappa shape index (κ1) is 15.5. The monoisotopic (exact) mass is 292 g/mol. The second-order valence-corrected chi connectivity index (χ2v) is 4.78. The summed E-state index contributed by atoms with van der Waals surface area (Å²) >= 11 is 0. The minimum absolute atomic E-state index is 0.0148. The number of morpholine rings is 1. The van der Waals surface area contributed by atoms with Crippen LogP contribution in [0.2, 0.25) is 0 Å². The van der Waals surface area contributed by atoms with Gasteiger partial charge in [0.05, 0.1) is 19.8 Å². The molecular formula is C15H20N2O4. The number of carbonyl (C=O) groups is 2. The number of carbonyl (C=O) groups excluding carboxylic acids is 2. The van der Waals surface area contributed by atoms with E-state index in [2.05, 4.69) is 15.0 Å². The minimum Gasteiger partial charge on any atom is -0.378 e. The zero-order valence-corrected chi connectivity index (χ0v) is 12.1. The van der Waals surface area contributed by atoms with Crippen LogP contribution in [0.3, 0.4) is 0 Å². The van der Waals surface area contributed by atoms with E-state index in [1.54, 1.807) is 12.1 Å². The van der Waals surface area contributed by atoms with Crippen molar-refractivity contribution in [2.75, 3.05) is 51.5 Å². The van der Waals surface area contributed by atoms with Crippen molar-refractivity contribution in [2.24, 2.45) is 0 Å². The molecule has 1 N–H and O–H groups in total. The number of amides is 1. The molecule has 0 radical (unpaired) electrons. The third kappa shape index (κ3) is 4.54. The summed E-state index contributed by atoms with van der Waals surface area (Å²) in [7, 11) is 1.44. The number of ether oxygens (including phenoxy) is 2. The molecule has 1 amide bonds. The Balaban J connectivity index is 1.88. The molecule has 6 nitrogen and oxygen atoms in total. The standard InChI is InChI=1S/C15H20N2O4/c1-20-11-15(19)16-10-14(18)12-2-4-13(5-3-12)17-6-8-21-9-7-17/h2-5H,6-11H2,1H3,(H,16,19). The number of nitrogens with zero attached hydrogens (tertiary/aromatic N) is 1. The molecule has 1 fully saturated rings. The van der Waals surface area contributed by atoms with Gasteiger partial charge in [-0.25, -0.2) is 0 Å². The molecule has 0 saturated carbocycles. The van der Waals surface area contributed by atoms with E-state index in [1.165, 1.54) is 7.11 Å². The van der Waals surface area contributed by atoms with Gasteiger partial charge < -0.3 is 19.7 Å². The van der Waals surface area contributed by atoms with Gasteiger partial charge in [0, 0.05) is 31.5 Å². The van der Waals surface area contributed by atoms with Gasteiger partial charge in [-0.2, -0.15) is 0 Å². The summed E-state index contributed by atoms with van der Waals surface area (Å²) in [5.41, 5.74) is 1.67. The molecule has 114 valence electrons. The largest absolute Gasteiger partial charge is 0.378 e. The number of rotatable bonds is 6. The molecule has 21 heavy (non-hydrogen) atoms. The van der Waals surface area contributed by atoms with Crippen LogP contribution in [0.1, 0.15) is 10.4 Å². The Morgan fingerprint density at radius 3 is 2.52 bits per heavy atom. The molecule has 0 spiro atoms. The second kappa shape index (κ2) is 7.75. The number of benzene rings is 1. The summed E-state index contributed by atoms with van der Waals surface area (Å²) < 4.78 is 10.00. The average Bonchev–Trinajstić information content (AvgIpc) is 2.54. The first-order valence-corrected chi connectivity index (χ1v) is 6.92. The molecule has 0 bridgehead atoms. The van der Waals surface area contributed by atoms with E-state index in [1.807, 2.05) is 12.1 Å². The first-order chi connectivity index (χ1) is 10.2. The van der Waals surface area contributed by atoms with E-state index < -0.39 is 0 Å². The number of anilines is 1. The van der Waals surface area contributed by atoms with E-state index in [-0.39, 0.29) is 24.8 Å². The van der Waals surface area contributed by atoms with Crippen LogP contribution in [0.4, 0.5) is 5.69 Å². The molecule has 1 aromatic rings. The number of methoxy groups -OCH3 is 1. The summed E-state index contributed by atoms with van der Waals surface area (Å²) in [6, 6.07) is 7.43. The fraction of sp³-hybridized carbons (Fsp3) is 0.467. The number of ketones is 1. The van der Waals surface area contributed by atoms with Gasteiger partial charge in [0.15, 0.2) is 5.78 Å². The zero-order chi connectivity index (χ0) is 15.1. The number of hydrogen-bond donors (Lipinski definition) is 1. The zero-order valence-electron chi connectivity index (χ0n) is 12.1. The maximum atomic E-state index is 12.0. The summed E-state index contributed by atoms with van der Waals surface area (Å²) in [5, 5.41) is 2.52. The van der Waals surface area contributed by atoms with Crippen molar-refractivity contribution in [1.82, 2.24) is 5.32 Å². The minimum atomic E-state index is -0.296. The number of nitrogens with one attached hydrogen (secondary N) is 1. The summed E-state index contributed by atoms with van der Waals surface area (Å²) in [6.45, 7) is 3.13. The smallest absolute Gasteiger partial charge is 0.246 e. The highest BCUT2D eigenvalue weighted by atomic mass is 16.5. The summed E-state index contributed by atoms with van der Waals surface area (Å²) in [4.78, 5) is 25.4. The lowest BCUT2D eigenvalue weighted by Gasteiger charge is -2.28. The van der Waals surface area contributed by atoms with Crippen molar-refractivity contribution in [1.29, 1.82) is 0 Å². The van der Waals surface area contributed by atoms with Crippen molar-refractivity contribution in [3.8, 4) is 0 Å². The van der Waals surface area contributed by atoms with Crippen molar-refractivity contribution in [2.45, 2.75) is 0 Å². The Hall–Kier alpha value is -1.92. The maximum absolute atomic E-state index is 12.0. The normalized spacial score (nSPS) is 14.8. The molecule has 1 aliphatic rings. The number of hydrogen-bond acceptors (Lipinski definition) is 5.